The molecule has 1 aromatic heterocycles. The number of ether oxygens (including phenoxy) is 2. The molecule has 0 atom stereocenters. The van der Waals surface area contributed by atoms with Crippen molar-refractivity contribution in [3.8, 4) is 17.2 Å². The SMILES string of the molecule is CCCc1c(N)nnn1-c1ccc2c(c1)OCCO2. The second-order valence-corrected chi connectivity index (χ2v) is 4.41. The molecule has 0 amide bonds. The molecule has 19 heavy (non-hydrogen) atoms. The van der Waals surface area contributed by atoms with Crippen molar-refractivity contribution in [1.82, 2.24) is 15.0 Å². The number of nitrogen functional groups attached to an aromatic ring is 1. The van der Waals surface area contributed by atoms with E-state index in [0.29, 0.717) is 19.0 Å². The van der Waals surface area contributed by atoms with E-state index in [4.69, 9.17) is 15.2 Å². The number of rotatable bonds is 3. The zero-order valence-electron chi connectivity index (χ0n) is 10.8. The van der Waals surface area contributed by atoms with Crippen LogP contribution in [0.15, 0.2) is 18.2 Å². The molecular weight excluding hydrogens is 244 g/mol. The molecule has 0 saturated heterocycles. The quantitative estimate of drug-likeness (QED) is 0.906. The van der Waals surface area contributed by atoms with Crippen LogP contribution in [-0.2, 0) is 6.42 Å². The van der Waals surface area contributed by atoms with Crippen LogP contribution in [0.3, 0.4) is 0 Å². The minimum Gasteiger partial charge on any atom is -0.486 e. The lowest BCUT2D eigenvalue weighted by molar-refractivity contribution is 0.171. The Hall–Kier alpha value is -2.24. The summed E-state index contributed by atoms with van der Waals surface area (Å²) in [6, 6.07) is 5.72. The van der Waals surface area contributed by atoms with Crippen molar-refractivity contribution in [1.29, 1.82) is 0 Å². The average molecular weight is 260 g/mol. The van der Waals surface area contributed by atoms with Gasteiger partial charge in [0.25, 0.3) is 0 Å². The Morgan fingerprint density at radius 2 is 2.05 bits per heavy atom. The summed E-state index contributed by atoms with van der Waals surface area (Å²) in [5.74, 6) is 1.98. The van der Waals surface area contributed by atoms with E-state index in [1.54, 1.807) is 4.68 Å². The van der Waals surface area contributed by atoms with Crippen LogP contribution < -0.4 is 15.2 Å². The predicted octanol–water partition coefficient (Wildman–Crippen LogP) is 1.57. The normalized spacial score (nSPS) is 13.5. The Balaban J connectivity index is 2.02. The summed E-state index contributed by atoms with van der Waals surface area (Å²) in [5, 5.41) is 8.04. The Kier molecular flexibility index (Phi) is 2.98. The van der Waals surface area contributed by atoms with Crippen LogP contribution in [0.1, 0.15) is 19.0 Å². The highest BCUT2D eigenvalue weighted by molar-refractivity contribution is 5.51. The van der Waals surface area contributed by atoms with Gasteiger partial charge in [0.1, 0.15) is 13.2 Å². The second-order valence-electron chi connectivity index (χ2n) is 4.41. The molecule has 1 aliphatic heterocycles. The van der Waals surface area contributed by atoms with Gasteiger partial charge in [-0.05, 0) is 18.6 Å². The lowest BCUT2D eigenvalue weighted by Crippen LogP contribution is -2.15. The van der Waals surface area contributed by atoms with Gasteiger partial charge in [-0.3, -0.25) is 0 Å². The van der Waals surface area contributed by atoms with Crippen molar-refractivity contribution in [2.24, 2.45) is 0 Å². The second kappa shape index (κ2) is 4.79. The van der Waals surface area contributed by atoms with Crippen molar-refractivity contribution in [2.75, 3.05) is 18.9 Å². The van der Waals surface area contributed by atoms with Gasteiger partial charge in [-0.25, -0.2) is 4.68 Å². The molecule has 0 bridgehead atoms. The third-order valence-corrected chi connectivity index (χ3v) is 3.05. The Morgan fingerprint density at radius 1 is 1.26 bits per heavy atom. The van der Waals surface area contributed by atoms with E-state index in [2.05, 4.69) is 17.2 Å². The molecular formula is C13H16N4O2. The summed E-state index contributed by atoms with van der Waals surface area (Å²) in [6.45, 7) is 3.25. The van der Waals surface area contributed by atoms with E-state index in [9.17, 15) is 0 Å². The topological polar surface area (TPSA) is 75.2 Å². The van der Waals surface area contributed by atoms with Crippen LogP contribution >= 0.6 is 0 Å². The maximum atomic E-state index is 5.85. The third-order valence-electron chi connectivity index (χ3n) is 3.05. The molecule has 2 N–H and O–H groups in total. The van der Waals surface area contributed by atoms with Gasteiger partial charge < -0.3 is 15.2 Å². The molecule has 2 aromatic rings. The molecule has 0 aliphatic carbocycles. The van der Waals surface area contributed by atoms with Crippen LogP contribution in [0.4, 0.5) is 5.82 Å². The first-order valence-electron chi connectivity index (χ1n) is 6.39. The zero-order chi connectivity index (χ0) is 13.2. The summed E-state index contributed by atoms with van der Waals surface area (Å²) < 4.78 is 12.8. The van der Waals surface area contributed by atoms with Crippen LogP contribution in [-0.4, -0.2) is 28.2 Å². The molecule has 2 heterocycles. The molecule has 0 spiro atoms. The van der Waals surface area contributed by atoms with Crippen molar-refractivity contribution in [3.63, 3.8) is 0 Å². The summed E-state index contributed by atoms with van der Waals surface area (Å²) in [4.78, 5) is 0. The van der Waals surface area contributed by atoms with Gasteiger partial charge in [0.05, 0.1) is 11.4 Å². The van der Waals surface area contributed by atoms with Gasteiger partial charge in [0, 0.05) is 6.07 Å². The number of fused-ring (bicyclic) bond motifs is 1. The highest BCUT2D eigenvalue weighted by Gasteiger charge is 2.15. The van der Waals surface area contributed by atoms with Crippen molar-refractivity contribution < 1.29 is 9.47 Å². The van der Waals surface area contributed by atoms with Crippen LogP contribution in [0.2, 0.25) is 0 Å². The largest absolute Gasteiger partial charge is 0.486 e. The van der Waals surface area contributed by atoms with Gasteiger partial charge in [-0.2, -0.15) is 0 Å². The molecule has 3 rings (SSSR count). The van der Waals surface area contributed by atoms with Crippen molar-refractivity contribution in [2.45, 2.75) is 19.8 Å². The van der Waals surface area contributed by atoms with Gasteiger partial charge in [0.2, 0.25) is 0 Å². The first-order chi connectivity index (χ1) is 9.29. The van der Waals surface area contributed by atoms with Gasteiger partial charge >= 0.3 is 0 Å². The average Bonchev–Trinajstić information content (AvgIpc) is 2.80. The summed E-state index contributed by atoms with van der Waals surface area (Å²) >= 11 is 0. The number of benzene rings is 1. The molecule has 6 nitrogen and oxygen atoms in total. The van der Waals surface area contributed by atoms with Gasteiger partial charge in [0.15, 0.2) is 17.3 Å². The standard InChI is InChI=1S/C13H16N4O2/c1-2-3-10-13(14)15-16-17(10)9-4-5-11-12(8-9)19-7-6-18-11/h4-5,8H,2-3,6-7,14H2,1H3. The van der Waals surface area contributed by atoms with Crippen LogP contribution in [0, 0.1) is 0 Å². The van der Waals surface area contributed by atoms with Gasteiger partial charge in [-0.1, -0.05) is 18.6 Å². The first-order valence-corrected chi connectivity index (χ1v) is 6.39. The fourth-order valence-corrected chi connectivity index (χ4v) is 2.16. The third kappa shape index (κ3) is 2.09. The maximum Gasteiger partial charge on any atom is 0.169 e. The van der Waals surface area contributed by atoms with E-state index in [1.165, 1.54) is 0 Å². The Labute approximate surface area is 111 Å². The smallest absolute Gasteiger partial charge is 0.169 e. The highest BCUT2D eigenvalue weighted by Crippen LogP contribution is 2.32. The minimum absolute atomic E-state index is 0.483. The lowest BCUT2D eigenvalue weighted by Gasteiger charge is -2.19. The van der Waals surface area contributed by atoms with Crippen molar-refractivity contribution >= 4 is 5.82 Å². The molecule has 0 unspecified atom stereocenters. The molecule has 0 saturated carbocycles. The van der Waals surface area contributed by atoms with E-state index in [-0.39, 0.29) is 0 Å². The Bertz CT molecular complexity index is 594. The molecule has 6 heteroatoms. The zero-order valence-corrected chi connectivity index (χ0v) is 10.8. The minimum atomic E-state index is 0.483. The maximum absolute atomic E-state index is 5.85. The van der Waals surface area contributed by atoms with Crippen LogP contribution in [0.25, 0.3) is 5.69 Å². The number of anilines is 1. The molecule has 100 valence electrons. The monoisotopic (exact) mass is 260 g/mol. The lowest BCUT2D eigenvalue weighted by atomic mass is 10.2. The molecule has 0 radical (unpaired) electrons. The fraction of sp³-hybridized carbons (Fsp3) is 0.385. The summed E-state index contributed by atoms with van der Waals surface area (Å²) in [7, 11) is 0. The predicted molar refractivity (Wildman–Crippen MR) is 70.8 cm³/mol. The first kappa shape index (κ1) is 11.8. The summed E-state index contributed by atoms with van der Waals surface area (Å²) in [6.07, 6.45) is 1.83. The summed E-state index contributed by atoms with van der Waals surface area (Å²) in [5.41, 5.74) is 7.67. The molecule has 1 aromatic carbocycles. The number of hydrogen-bond acceptors (Lipinski definition) is 5. The number of hydrogen-bond donors (Lipinski definition) is 1. The molecule has 1 aliphatic rings. The number of nitrogens with zero attached hydrogens (tertiary/aromatic N) is 3. The van der Waals surface area contributed by atoms with Crippen molar-refractivity contribution in [3.05, 3.63) is 23.9 Å². The molecule has 0 fully saturated rings. The number of aromatic nitrogens is 3. The van der Waals surface area contributed by atoms with E-state index >= 15 is 0 Å². The van der Waals surface area contributed by atoms with Crippen LogP contribution in [0.5, 0.6) is 11.5 Å². The number of nitrogens with two attached hydrogens (primary N) is 1. The fourth-order valence-electron chi connectivity index (χ4n) is 2.16. The highest BCUT2D eigenvalue weighted by atomic mass is 16.6. The Morgan fingerprint density at radius 3 is 2.84 bits per heavy atom. The van der Waals surface area contributed by atoms with Gasteiger partial charge in [-0.15, -0.1) is 5.10 Å². The van der Waals surface area contributed by atoms with E-state index in [1.807, 2.05) is 18.2 Å². The van der Waals surface area contributed by atoms with E-state index in [0.717, 1.165) is 35.7 Å². The van der Waals surface area contributed by atoms with E-state index < -0.39 is 0 Å².